The van der Waals surface area contributed by atoms with Crippen molar-refractivity contribution in [2.24, 2.45) is 0 Å². The minimum atomic E-state index is -3.53. The molecule has 4 nitrogen and oxygen atoms in total. The second-order valence-electron chi connectivity index (χ2n) is 4.22. The maximum absolute atomic E-state index is 12.4. The van der Waals surface area contributed by atoms with E-state index < -0.39 is 10.0 Å². The Morgan fingerprint density at radius 2 is 1.89 bits per heavy atom. The lowest BCUT2D eigenvalue weighted by Gasteiger charge is -2.26. The Balaban J connectivity index is 2.38. The van der Waals surface area contributed by atoms with Crippen LogP contribution in [0.5, 0.6) is 0 Å². The molecule has 1 heterocycles. The van der Waals surface area contributed by atoms with Gasteiger partial charge in [-0.25, -0.2) is 8.42 Å². The molecule has 1 saturated heterocycles. The number of nitrogens with zero attached hydrogens (tertiary/aromatic N) is 2. The van der Waals surface area contributed by atoms with Crippen LogP contribution >= 0.6 is 11.6 Å². The van der Waals surface area contributed by atoms with Crippen LogP contribution in [-0.2, 0) is 10.0 Å². The van der Waals surface area contributed by atoms with E-state index in [1.165, 1.54) is 22.5 Å². The molecule has 1 fully saturated rings. The molecule has 6 heteroatoms. The van der Waals surface area contributed by atoms with E-state index in [9.17, 15) is 8.42 Å². The van der Waals surface area contributed by atoms with Crippen LogP contribution in [0, 0.1) is 11.3 Å². The number of benzene rings is 1. The van der Waals surface area contributed by atoms with Crippen molar-refractivity contribution in [3.05, 3.63) is 28.8 Å². The molecule has 0 spiro atoms. The molecule has 1 aromatic rings. The van der Waals surface area contributed by atoms with E-state index in [0.717, 1.165) is 19.3 Å². The quantitative estimate of drug-likeness (QED) is 0.838. The van der Waals surface area contributed by atoms with Crippen LogP contribution in [0.1, 0.15) is 24.8 Å². The van der Waals surface area contributed by atoms with Gasteiger partial charge in [0.1, 0.15) is 4.90 Å². The van der Waals surface area contributed by atoms with Gasteiger partial charge in [0.05, 0.1) is 16.7 Å². The molecule has 18 heavy (non-hydrogen) atoms. The molecule has 0 saturated carbocycles. The van der Waals surface area contributed by atoms with Crippen molar-refractivity contribution in [2.45, 2.75) is 24.2 Å². The fraction of sp³-hybridized carbons (Fsp3) is 0.417. The van der Waals surface area contributed by atoms with Crippen LogP contribution in [-0.4, -0.2) is 25.8 Å². The van der Waals surface area contributed by atoms with Crippen LogP contribution in [0.3, 0.4) is 0 Å². The Labute approximate surface area is 112 Å². The Morgan fingerprint density at radius 1 is 1.22 bits per heavy atom. The smallest absolute Gasteiger partial charge is 0.207 e. The lowest BCUT2D eigenvalue weighted by atomic mass is 10.2. The summed E-state index contributed by atoms with van der Waals surface area (Å²) in [4.78, 5) is 0.0880. The normalized spacial score (nSPS) is 17.3. The standard InChI is InChI=1S/C12H13ClN2O2S/c13-11-8-10(9-14)4-5-12(11)18(16,17)15-6-2-1-3-7-15/h4-5,8H,1-3,6-7H2. The minimum absolute atomic E-state index is 0.0880. The van der Waals surface area contributed by atoms with Gasteiger partial charge in [-0.1, -0.05) is 18.0 Å². The summed E-state index contributed by atoms with van der Waals surface area (Å²) in [6.45, 7) is 1.08. The molecule has 0 amide bonds. The zero-order valence-electron chi connectivity index (χ0n) is 9.76. The van der Waals surface area contributed by atoms with Crippen LogP contribution in [0.25, 0.3) is 0 Å². The van der Waals surface area contributed by atoms with Crippen LogP contribution < -0.4 is 0 Å². The number of sulfonamides is 1. The summed E-state index contributed by atoms with van der Waals surface area (Å²) in [5.41, 5.74) is 0.359. The maximum Gasteiger partial charge on any atom is 0.244 e. The highest BCUT2D eigenvalue weighted by Crippen LogP contribution is 2.27. The molecule has 2 rings (SSSR count). The van der Waals surface area contributed by atoms with Gasteiger partial charge in [0, 0.05) is 13.1 Å². The SMILES string of the molecule is N#Cc1ccc(S(=O)(=O)N2CCCCC2)c(Cl)c1. The second kappa shape index (κ2) is 5.27. The second-order valence-corrected chi connectivity index (χ2v) is 6.54. The van der Waals surface area contributed by atoms with E-state index in [1.807, 2.05) is 6.07 Å². The van der Waals surface area contributed by atoms with Crippen molar-refractivity contribution in [1.82, 2.24) is 4.31 Å². The zero-order chi connectivity index (χ0) is 13.2. The molecular formula is C12H13ClN2O2S. The Bertz CT molecular complexity index is 587. The van der Waals surface area contributed by atoms with E-state index in [2.05, 4.69) is 0 Å². The summed E-state index contributed by atoms with van der Waals surface area (Å²) in [5.74, 6) is 0. The minimum Gasteiger partial charge on any atom is -0.207 e. The summed E-state index contributed by atoms with van der Waals surface area (Å²) in [7, 11) is -3.53. The van der Waals surface area contributed by atoms with E-state index in [4.69, 9.17) is 16.9 Å². The molecular weight excluding hydrogens is 272 g/mol. The van der Waals surface area contributed by atoms with Gasteiger partial charge in [0.25, 0.3) is 0 Å². The van der Waals surface area contributed by atoms with Gasteiger partial charge in [-0.15, -0.1) is 0 Å². The lowest BCUT2D eigenvalue weighted by molar-refractivity contribution is 0.346. The van der Waals surface area contributed by atoms with E-state index >= 15 is 0 Å². The topological polar surface area (TPSA) is 61.2 Å². The molecule has 0 radical (unpaired) electrons. The van der Waals surface area contributed by atoms with Gasteiger partial charge in [-0.3, -0.25) is 0 Å². The monoisotopic (exact) mass is 284 g/mol. The van der Waals surface area contributed by atoms with E-state index in [-0.39, 0.29) is 9.92 Å². The Hall–Kier alpha value is -1.09. The number of rotatable bonds is 2. The van der Waals surface area contributed by atoms with E-state index in [0.29, 0.717) is 18.7 Å². The van der Waals surface area contributed by atoms with Gasteiger partial charge in [0.15, 0.2) is 0 Å². The molecule has 0 aliphatic carbocycles. The molecule has 1 aliphatic heterocycles. The van der Waals surface area contributed by atoms with Gasteiger partial charge < -0.3 is 0 Å². The summed E-state index contributed by atoms with van der Waals surface area (Å²) in [5, 5.41) is 8.85. The predicted octanol–water partition coefficient (Wildman–Crippen LogP) is 2.39. The molecule has 0 bridgehead atoms. The maximum atomic E-state index is 12.4. The molecule has 96 valence electrons. The first kappa shape index (κ1) is 13.3. The number of nitriles is 1. The van der Waals surface area contributed by atoms with Gasteiger partial charge in [0.2, 0.25) is 10.0 Å². The molecule has 0 aromatic heterocycles. The first-order chi connectivity index (χ1) is 8.55. The third kappa shape index (κ3) is 2.51. The van der Waals surface area contributed by atoms with Crippen molar-refractivity contribution in [3.8, 4) is 6.07 Å². The van der Waals surface area contributed by atoms with Gasteiger partial charge in [-0.05, 0) is 31.0 Å². The third-order valence-electron chi connectivity index (χ3n) is 2.99. The lowest BCUT2D eigenvalue weighted by Crippen LogP contribution is -2.35. The van der Waals surface area contributed by atoms with Crippen molar-refractivity contribution < 1.29 is 8.42 Å². The molecule has 0 N–H and O–H groups in total. The van der Waals surface area contributed by atoms with Gasteiger partial charge >= 0.3 is 0 Å². The highest BCUT2D eigenvalue weighted by molar-refractivity contribution is 7.89. The largest absolute Gasteiger partial charge is 0.244 e. The number of piperidine rings is 1. The number of hydrogen-bond donors (Lipinski definition) is 0. The molecule has 1 aromatic carbocycles. The summed E-state index contributed by atoms with van der Waals surface area (Å²) >= 11 is 5.95. The highest BCUT2D eigenvalue weighted by Gasteiger charge is 2.27. The van der Waals surface area contributed by atoms with Crippen molar-refractivity contribution in [1.29, 1.82) is 5.26 Å². The fourth-order valence-corrected chi connectivity index (χ4v) is 4.06. The summed E-state index contributed by atoms with van der Waals surface area (Å²) in [6, 6.07) is 6.20. The first-order valence-electron chi connectivity index (χ1n) is 5.75. The molecule has 0 atom stereocenters. The van der Waals surface area contributed by atoms with Crippen molar-refractivity contribution >= 4 is 21.6 Å². The predicted molar refractivity (Wildman–Crippen MR) is 68.8 cm³/mol. The number of halogens is 1. The van der Waals surface area contributed by atoms with Crippen LogP contribution in [0.15, 0.2) is 23.1 Å². The van der Waals surface area contributed by atoms with E-state index in [1.54, 1.807) is 0 Å². The first-order valence-corrected chi connectivity index (χ1v) is 7.57. The van der Waals surface area contributed by atoms with Crippen molar-refractivity contribution in [3.63, 3.8) is 0 Å². The summed E-state index contributed by atoms with van der Waals surface area (Å²) < 4.78 is 26.2. The fourth-order valence-electron chi connectivity index (χ4n) is 2.02. The average molecular weight is 285 g/mol. The molecule has 1 aliphatic rings. The summed E-state index contributed by atoms with van der Waals surface area (Å²) in [6.07, 6.45) is 2.83. The third-order valence-corrected chi connectivity index (χ3v) is 5.38. The Morgan fingerprint density at radius 3 is 2.44 bits per heavy atom. The van der Waals surface area contributed by atoms with Gasteiger partial charge in [-0.2, -0.15) is 9.57 Å². The van der Waals surface area contributed by atoms with Crippen LogP contribution in [0.4, 0.5) is 0 Å². The van der Waals surface area contributed by atoms with Crippen molar-refractivity contribution in [2.75, 3.05) is 13.1 Å². The highest BCUT2D eigenvalue weighted by atomic mass is 35.5. The Kier molecular flexibility index (Phi) is 3.91. The zero-order valence-corrected chi connectivity index (χ0v) is 11.3. The number of hydrogen-bond acceptors (Lipinski definition) is 3. The van der Waals surface area contributed by atoms with Crippen LogP contribution in [0.2, 0.25) is 5.02 Å². The average Bonchev–Trinajstić information content (AvgIpc) is 2.39. The molecule has 0 unspecified atom stereocenters.